The molecule has 0 unspecified atom stereocenters. The second-order valence-corrected chi connectivity index (χ2v) is 7.57. The van der Waals surface area contributed by atoms with Crippen LogP contribution in [0.15, 0.2) is 71.6 Å². The molecule has 0 bridgehead atoms. The number of rotatable bonds is 4. The molecule has 1 aliphatic carbocycles. The largest absolute Gasteiger partial charge is 0.478 e. The fourth-order valence-electron chi connectivity index (χ4n) is 4.28. The average Bonchev–Trinajstić information content (AvgIpc) is 3.30. The zero-order valence-electron chi connectivity index (χ0n) is 16.7. The van der Waals surface area contributed by atoms with Gasteiger partial charge in [0.25, 0.3) is 5.91 Å². The van der Waals surface area contributed by atoms with E-state index >= 15 is 0 Å². The predicted octanol–water partition coefficient (Wildman–Crippen LogP) is 4.47. The van der Waals surface area contributed by atoms with Crippen molar-refractivity contribution in [1.82, 2.24) is 4.90 Å². The molecule has 5 heteroatoms. The van der Waals surface area contributed by atoms with Crippen LogP contribution in [0.5, 0.6) is 0 Å². The van der Waals surface area contributed by atoms with Crippen LogP contribution in [0.1, 0.15) is 46.0 Å². The number of aromatic carboxylic acids is 1. The number of hydrogen-bond acceptors (Lipinski definition) is 3. The lowest BCUT2D eigenvalue weighted by molar-refractivity contribution is 0.0686. The second kappa shape index (κ2) is 7.59. The van der Waals surface area contributed by atoms with E-state index in [1.54, 1.807) is 30.1 Å². The highest BCUT2D eigenvalue weighted by atomic mass is 16.4. The first-order chi connectivity index (χ1) is 14.0. The van der Waals surface area contributed by atoms with Crippen molar-refractivity contribution in [2.24, 2.45) is 0 Å². The predicted molar refractivity (Wildman–Crippen MR) is 113 cm³/mol. The number of allylic oxidation sites excluding steroid dienone is 2. The fraction of sp³-hybridized carbons (Fsp3) is 0.250. The molecule has 2 aromatic rings. The standard InChI is InChI=1S/C24H24N2O3/c1-16-11-12-18(15-26-14-13-17-7-3-6-10-21(17)26)22(16)25(2)23(27)19-8-4-5-9-20(19)24(28)29/h3-10,15H,11-14H2,1-2H3,(H,28,29)/b18-15+. The van der Waals surface area contributed by atoms with Gasteiger partial charge in [0.1, 0.15) is 0 Å². The van der Waals surface area contributed by atoms with Gasteiger partial charge in [-0.05, 0) is 61.1 Å². The topological polar surface area (TPSA) is 60.9 Å². The molecule has 1 N–H and O–H groups in total. The Hall–Kier alpha value is -3.34. The molecule has 148 valence electrons. The van der Waals surface area contributed by atoms with E-state index in [9.17, 15) is 14.7 Å². The maximum atomic E-state index is 13.2. The van der Waals surface area contributed by atoms with Crippen LogP contribution in [-0.2, 0) is 6.42 Å². The Kier molecular flexibility index (Phi) is 4.97. The van der Waals surface area contributed by atoms with Crippen LogP contribution < -0.4 is 4.90 Å². The summed E-state index contributed by atoms with van der Waals surface area (Å²) < 4.78 is 0. The summed E-state index contributed by atoms with van der Waals surface area (Å²) in [5, 5.41) is 9.45. The van der Waals surface area contributed by atoms with Gasteiger partial charge in [-0.2, -0.15) is 0 Å². The number of benzene rings is 2. The molecule has 29 heavy (non-hydrogen) atoms. The van der Waals surface area contributed by atoms with E-state index in [0.29, 0.717) is 0 Å². The molecule has 0 radical (unpaired) electrons. The van der Waals surface area contributed by atoms with Crippen molar-refractivity contribution in [3.05, 3.63) is 88.3 Å². The van der Waals surface area contributed by atoms with Crippen LogP contribution in [0.25, 0.3) is 0 Å². The molecule has 0 saturated heterocycles. The molecule has 1 amide bonds. The monoisotopic (exact) mass is 388 g/mol. The lowest BCUT2D eigenvalue weighted by atomic mass is 10.1. The lowest BCUT2D eigenvalue weighted by Crippen LogP contribution is -2.29. The third-order valence-electron chi connectivity index (χ3n) is 5.74. The highest BCUT2D eigenvalue weighted by Crippen LogP contribution is 2.36. The normalized spacial score (nSPS) is 17.0. The van der Waals surface area contributed by atoms with E-state index in [4.69, 9.17) is 0 Å². The first-order valence-electron chi connectivity index (χ1n) is 9.83. The van der Waals surface area contributed by atoms with E-state index in [2.05, 4.69) is 29.3 Å². The number of amides is 1. The number of carbonyl (C=O) groups excluding carboxylic acids is 1. The van der Waals surface area contributed by atoms with Crippen molar-refractivity contribution in [3.63, 3.8) is 0 Å². The molecule has 1 aliphatic heterocycles. The van der Waals surface area contributed by atoms with Crippen LogP contribution in [0.2, 0.25) is 0 Å². The Labute approximate surface area is 170 Å². The summed E-state index contributed by atoms with van der Waals surface area (Å²) in [5.41, 5.74) is 5.95. The summed E-state index contributed by atoms with van der Waals surface area (Å²) >= 11 is 0. The van der Waals surface area contributed by atoms with Crippen molar-refractivity contribution in [2.45, 2.75) is 26.2 Å². The number of carbonyl (C=O) groups is 2. The Morgan fingerprint density at radius 1 is 1.00 bits per heavy atom. The molecule has 5 nitrogen and oxygen atoms in total. The minimum atomic E-state index is -1.09. The third-order valence-corrected chi connectivity index (χ3v) is 5.74. The number of anilines is 1. The van der Waals surface area contributed by atoms with Crippen LogP contribution in [-0.4, -0.2) is 35.5 Å². The van der Waals surface area contributed by atoms with Gasteiger partial charge in [-0.15, -0.1) is 0 Å². The quantitative estimate of drug-likeness (QED) is 0.839. The Bertz CT molecular complexity index is 1050. The highest BCUT2D eigenvalue weighted by molar-refractivity contribution is 6.05. The number of carboxylic acids is 1. The number of hydrogen-bond donors (Lipinski definition) is 1. The SMILES string of the molecule is CC1=C(N(C)C(=O)c2ccccc2C(=O)O)/C(=C/N2CCc3ccccc32)CC1. The Morgan fingerprint density at radius 2 is 1.69 bits per heavy atom. The van der Waals surface area contributed by atoms with Crippen molar-refractivity contribution < 1.29 is 14.7 Å². The first kappa shape index (κ1) is 19.0. The number of likely N-dealkylation sites (N-methyl/N-ethyl adjacent to an activating group) is 1. The van der Waals surface area contributed by atoms with E-state index < -0.39 is 5.97 Å². The van der Waals surface area contributed by atoms with Crippen LogP contribution >= 0.6 is 0 Å². The third kappa shape index (κ3) is 3.44. The van der Waals surface area contributed by atoms with E-state index in [0.717, 1.165) is 42.7 Å². The van der Waals surface area contributed by atoms with Crippen LogP contribution in [0.4, 0.5) is 5.69 Å². The summed E-state index contributed by atoms with van der Waals surface area (Å²) in [6.45, 7) is 2.97. The maximum absolute atomic E-state index is 13.2. The molecule has 0 saturated carbocycles. The van der Waals surface area contributed by atoms with Gasteiger partial charge in [-0.3, -0.25) is 4.79 Å². The maximum Gasteiger partial charge on any atom is 0.336 e. The molecule has 2 aromatic carbocycles. The minimum Gasteiger partial charge on any atom is -0.478 e. The van der Waals surface area contributed by atoms with Gasteiger partial charge < -0.3 is 14.9 Å². The van der Waals surface area contributed by atoms with E-state index in [1.165, 1.54) is 17.3 Å². The van der Waals surface area contributed by atoms with E-state index in [1.807, 2.05) is 13.0 Å². The summed E-state index contributed by atoms with van der Waals surface area (Å²) in [6.07, 6.45) is 4.94. The van der Waals surface area contributed by atoms with Gasteiger partial charge in [-0.25, -0.2) is 4.79 Å². The summed E-state index contributed by atoms with van der Waals surface area (Å²) in [4.78, 5) is 28.6. The average molecular weight is 388 g/mol. The minimum absolute atomic E-state index is 0.0274. The first-order valence-corrected chi connectivity index (χ1v) is 9.83. The molecular formula is C24H24N2O3. The molecule has 0 fully saturated rings. The lowest BCUT2D eigenvalue weighted by Gasteiger charge is -2.24. The number of carboxylic acid groups (broad SMARTS) is 1. The van der Waals surface area contributed by atoms with Gasteiger partial charge in [0, 0.05) is 31.2 Å². The molecule has 4 rings (SSSR count). The summed E-state index contributed by atoms with van der Waals surface area (Å²) in [5.74, 6) is -1.39. The van der Waals surface area contributed by atoms with Gasteiger partial charge in [0.15, 0.2) is 0 Å². The molecule has 1 heterocycles. The van der Waals surface area contributed by atoms with Crippen molar-refractivity contribution in [3.8, 4) is 0 Å². The summed E-state index contributed by atoms with van der Waals surface area (Å²) in [7, 11) is 1.73. The molecule has 0 spiro atoms. The van der Waals surface area contributed by atoms with Crippen LogP contribution in [0.3, 0.4) is 0 Å². The van der Waals surface area contributed by atoms with E-state index in [-0.39, 0.29) is 17.0 Å². The fourth-order valence-corrected chi connectivity index (χ4v) is 4.28. The number of fused-ring (bicyclic) bond motifs is 1. The van der Waals surface area contributed by atoms with Gasteiger partial charge in [-0.1, -0.05) is 30.3 Å². The Balaban J connectivity index is 1.66. The smallest absolute Gasteiger partial charge is 0.336 e. The molecular weight excluding hydrogens is 364 g/mol. The van der Waals surface area contributed by atoms with Gasteiger partial charge in [0.2, 0.25) is 0 Å². The summed E-state index contributed by atoms with van der Waals surface area (Å²) in [6, 6.07) is 14.8. The van der Waals surface area contributed by atoms with Crippen molar-refractivity contribution in [2.75, 3.05) is 18.5 Å². The van der Waals surface area contributed by atoms with Crippen molar-refractivity contribution >= 4 is 17.6 Å². The second-order valence-electron chi connectivity index (χ2n) is 7.57. The van der Waals surface area contributed by atoms with Gasteiger partial charge >= 0.3 is 5.97 Å². The zero-order valence-corrected chi connectivity index (χ0v) is 16.7. The highest BCUT2D eigenvalue weighted by Gasteiger charge is 2.28. The molecule has 0 aromatic heterocycles. The number of para-hydroxylation sites is 1. The zero-order chi connectivity index (χ0) is 20.5. The molecule has 0 atom stereocenters. The van der Waals surface area contributed by atoms with Crippen molar-refractivity contribution in [1.29, 1.82) is 0 Å². The Morgan fingerprint density at radius 3 is 2.45 bits per heavy atom. The van der Waals surface area contributed by atoms with Crippen LogP contribution in [0, 0.1) is 0 Å². The number of nitrogens with zero attached hydrogens (tertiary/aromatic N) is 2. The van der Waals surface area contributed by atoms with Gasteiger partial charge in [0.05, 0.1) is 11.1 Å². The molecule has 2 aliphatic rings.